The first-order valence-corrected chi connectivity index (χ1v) is 2.76. The molecular formula is C5H10N2O3. The van der Waals surface area contributed by atoms with Crippen molar-refractivity contribution in [2.75, 3.05) is 13.7 Å². The molecular weight excluding hydrogens is 136 g/mol. The van der Waals surface area contributed by atoms with E-state index in [0.717, 1.165) is 0 Å². The molecule has 5 heteroatoms. The van der Waals surface area contributed by atoms with E-state index in [9.17, 15) is 4.79 Å². The van der Waals surface area contributed by atoms with Crippen LogP contribution in [0.25, 0.3) is 0 Å². The number of carbonyl (C=O) groups excluding carboxylic acids is 1. The summed E-state index contributed by atoms with van der Waals surface area (Å²) in [7, 11) is 1.30. The van der Waals surface area contributed by atoms with E-state index in [4.69, 9.17) is 5.73 Å². The minimum atomic E-state index is -0.663. The van der Waals surface area contributed by atoms with Gasteiger partial charge in [-0.2, -0.15) is 0 Å². The maximum atomic E-state index is 10.6. The molecule has 0 heterocycles. The number of amidine groups is 1. The van der Waals surface area contributed by atoms with Gasteiger partial charge in [-0.1, -0.05) is 5.16 Å². The zero-order valence-corrected chi connectivity index (χ0v) is 5.96. The van der Waals surface area contributed by atoms with E-state index in [0.29, 0.717) is 0 Å². The standard InChI is InChI=1S/C5H10N2O3/c1-3-10-5(8)4(6)7-9-2/h3H2,1-2H3,(H2,6,7). The van der Waals surface area contributed by atoms with Gasteiger partial charge >= 0.3 is 5.97 Å². The van der Waals surface area contributed by atoms with E-state index in [1.165, 1.54) is 7.11 Å². The topological polar surface area (TPSA) is 73.9 Å². The lowest BCUT2D eigenvalue weighted by molar-refractivity contribution is -0.135. The Hall–Kier alpha value is -1.26. The molecule has 0 saturated heterocycles. The molecule has 0 atom stereocenters. The van der Waals surface area contributed by atoms with Gasteiger partial charge in [0.25, 0.3) is 0 Å². The van der Waals surface area contributed by atoms with E-state index in [2.05, 4.69) is 14.7 Å². The monoisotopic (exact) mass is 146 g/mol. The van der Waals surface area contributed by atoms with Crippen LogP contribution in [-0.4, -0.2) is 25.5 Å². The Labute approximate surface area is 58.8 Å². The summed E-state index contributed by atoms with van der Waals surface area (Å²) in [5.74, 6) is -0.936. The number of hydrogen-bond acceptors (Lipinski definition) is 4. The fourth-order valence-electron chi connectivity index (χ4n) is 0.341. The lowest BCUT2D eigenvalue weighted by Crippen LogP contribution is -2.26. The van der Waals surface area contributed by atoms with Gasteiger partial charge in [0.1, 0.15) is 7.11 Å². The molecule has 2 N–H and O–H groups in total. The van der Waals surface area contributed by atoms with Gasteiger partial charge in [0.2, 0.25) is 5.84 Å². The molecule has 0 aromatic rings. The molecule has 0 aliphatic heterocycles. The summed E-state index contributed by atoms with van der Waals surface area (Å²) in [6.45, 7) is 1.96. The predicted octanol–water partition coefficient (Wildman–Crippen LogP) is -0.532. The predicted molar refractivity (Wildman–Crippen MR) is 35.3 cm³/mol. The van der Waals surface area contributed by atoms with E-state index < -0.39 is 5.97 Å². The summed E-state index contributed by atoms with van der Waals surface area (Å²) < 4.78 is 4.48. The number of oxime groups is 1. The van der Waals surface area contributed by atoms with Crippen molar-refractivity contribution in [1.29, 1.82) is 0 Å². The smallest absolute Gasteiger partial charge is 0.377 e. The third-order valence-electron chi connectivity index (χ3n) is 0.674. The van der Waals surface area contributed by atoms with Crippen molar-refractivity contribution in [2.24, 2.45) is 10.9 Å². The van der Waals surface area contributed by atoms with Crippen LogP contribution in [0.3, 0.4) is 0 Å². The number of esters is 1. The summed E-state index contributed by atoms with van der Waals surface area (Å²) in [4.78, 5) is 14.8. The average molecular weight is 146 g/mol. The van der Waals surface area contributed by atoms with E-state index in [-0.39, 0.29) is 12.4 Å². The van der Waals surface area contributed by atoms with Crippen molar-refractivity contribution in [3.8, 4) is 0 Å². The van der Waals surface area contributed by atoms with E-state index in [1.807, 2.05) is 0 Å². The molecule has 0 amide bonds. The molecule has 0 bridgehead atoms. The summed E-state index contributed by atoms with van der Waals surface area (Å²) in [5.41, 5.74) is 5.06. The van der Waals surface area contributed by atoms with Gasteiger partial charge in [-0.3, -0.25) is 0 Å². The van der Waals surface area contributed by atoms with Gasteiger partial charge in [-0.15, -0.1) is 0 Å². The molecule has 0 aliphatic rings. The second-order valence-electron chi connectivity index (χ2n) is 1.38. The molecule has 0 radical (unpaired) electrons. The van der Waals surface area contributed by atoms with Crippen molar-refractivity contribution in [1.82, 2.24) is 0 Å². The number of nitrogens with two attached hydrogens (primary N) is 1. The average Bonchev–Trinajstić information content (AvgIpc) is 1.89. The molecule has 0 aromatic carbocycles. The third kappa shape index (κ3) is 2.91. The normalized spacial score (nSPS) is 10.8. The zero-order valence-electron chi connectivity index (χ0n) is 5.96. The van der Waals surface area contributed by atoms with Gasteiger partial charge in [0, 0.05) is 0 Å². The zero-order chi connectivity index (χ0) is 7.98. The van der Waals surface area contributed by atoms with Crippen molar-refractivity contribution < 1.29 is 14.4 Å². The SMILES string of the molecule is CCOC(=O)/C(N)=N/OC. The Morgan fingerprint density at radius 2 is 2.30 bits per heavy atom. The maximum Gasteiger partial charge on any atom is 0.377 e. The second-order valence-corrected chi connectivity index (χ2v) is 1.38. The summed E-state index contributed by atoms with van der Waals surface area (Å²) >= 11 is 0. The minimum Gasteiger partial charge on any atom is -0.460 e. The van der Waals surface area contributed by atoms with Crippen LogP contribution in [0.2, 0.25) is 0 Å². The van der Waals surface area contributed by atoms with Gasteiger partial charge in [-0.25, -0.2) is 4.79 Å². The number of ether oxygens (including phenoxy) is 1. The Balaban J connectivity index is 3.82. The van der Waals surface area contributed by atoms with Gasteiger partial charge in [0.15, 0.2) is 0 Å². The summed E-state index contributed by atoms with van der Waals surface area (Å²) in [6, 6.07) is 0. The molecule has 0 unspecified atom stereocenters. The van der Waals surface area contributed by atoms with Gasteiger partial charge in [-0.05, 0) is 6.92 Å². The van der Waals surface area contributed by atoms with Crippen LogP contribution in [0.1, 0.15) is 6.92 Å². The fraction of sp³-hybridized carbons (Fsp3) is 0.600. The molecule has 0 aliphatic carbocycles. The molecule has 0 spiro atoms. The van der Waals surface area contributed by atoms with Crippen LogP contribution in [-0.2, 0) is 14.4 Å². The van der Waals surface area contributed by atoms with Crippen LogP contribution in [0.15, 0.2) is 5.16 Å². The first-order valence-electron chi connectivity index (χ1n) is 2.76. The molecule has 5 nitrogen and oxygen atoms in total. The number of nitrogens with zero attached hydrogens (tertiary/aromatic N) is 1. The van der Waals surface area contributed by atoms with E-state index in [1.54, 1.807) is 6.92 Å². The van der Waals surface area contributed by atoms with Crippen molar-refractivity contribution in [3.63, 3.8) is 0 Å². The van der Waals surface area contributed by atoms with Crippen LogP contribution < -0.4 is 5.73 Å². The van der Waals surface area contributed by atoms with Crippen molar-refractivity contribution in [2.45, 2.75) is 6.92 Å². The molecule has 0 saturated carbocycles. The van der Waals surface area contributed by atoms with Crippen LogP contribution in [0.4, 0.5) is 0 Å². The summed E-state index contributed by atoms with van der Waals surface area (Å²) in [6.07, 6.45) is 0. The van der Waals surface area contributed by atoms with Gasteiger partial charge < -0.3 is 15.3 Å². The van der Waals surface area contributed by atoms with Gasteiger partial charge in [0.05, 0.1) is 6.61 Å². The highest BCUT2D eigenvalue weighted by Crippen LogP contribution is 1.78. The Kier molecular flexibility index (Phi) is 4.02. The first-order chi connectivity index (χ1) is 4.72. The Morgan fingerprint density at radius 1 is 1.70 bits per heavy atom. The highest BCUT2D eigenvalue weighted by atomic mass is 16.6. The Bertz CT molecular complexity index is 144. The third-order valence-corrected chi connectivity index (χ3v) is 0.674. The number of carbonyl (C=O) groups is 1. The highest BCUT2D eigenvalue weighted by molar-refractivity contribution is 6.34. The maximum absolute atomic E-state index is 10.6. The molecule has 0 fully saturated rings. The lowest BCUT2D eigenvalue weighted by Gasteiger charge is -1.97. The first kappa shape index (κ1) is 8.74. The van der Waals surface area contributed by atoms with Crippen LogP contribution in [0.5, 0.6) is 0 Å². The number of hydrogen-bond donors (Lipinski definition) is 1. The Morgan fingerprint density at radius 3 is 2.70 bits per heavy atom. The van der Waals surface area contributed by atoms with Crippen LogP contribution >= 0.6 is 0 Å². The molecule has 0 aromatic heterocycles. The minimum absolute atomic E-state index is 0.274. The number of rotatable bonds is 2. The highest BCUT2D eigenvalue weighted by Gasteiger charge is 2.06. The molecule has 58 valence electrons. The quantitative estimate of drug-likeness (QED) is 0.246. The largest absolute Gasteiger partial charge is 0.460 e. The van der Waals surface area contributed by atoms with E-state index >= 15 is 0 Å². The molecule has 10 heavy (non-hydrogen) atoms. The fourth-order valence-corrected chi connectivity index (χ4v) is 0.341. The molecule has 0 rings (SSSR count). The summed E-state index contributed by atoms with van der Waals surface area (Å²) in [5, 5.41) is 3.16. The van der Waals surface area contributed by atoms with Crippen molar-refractivity contribution >= 4 is 11.8 Å². The second kappa shape index (κ2) is 4.60. The van der Waals surface area contributed by atoms with Crippen molar-refractivity contribution in [3.05, 3.63) is 0 Å². The van der Waals surface area contributed by atoms with Crippen LogP contribution in [0, 0.1) is 0 Å². The lowest BCUT2D eigenvalue weighted by atomic mass is 10.6.